The molecule has 2 aromatic carbocycles. The Morgan fingerprint density at radius 1 is 1.23 bits per heavy atom. The summed E-state index contributed by atoms with van der Waals surface area (Å²) in [6, 6.07) is 11.4. The third-order valence-electron chi connectivity index (χ3n) is 5.11. The van der Waals surface area contributed by atoms with Gasteiger partial charge in [-0.1, -0.05) is 28.9 Å². The van der Waals surface area contributed by atoms with E-state index < -0.39 is 5.97 Å². The molecule has 0 bridgehead atoms. The molecule has 162 valence electrons. The molecule has 7 nitrogen and oxygen atoms in total. The summed E-state index contributed by atoms with van der Waals surface area (Å²) < 4.78 is 11.1. The van der Waals surface area contributed by atoms with Crippen LogP contribution < -0.4 is 4.74 Å². The number of hydrogen-bond donors (Lipinski definition) is 1. The maximum Gasteiger partial charge on any atom is 0.317 e. The van der Waals surface area contributed by atoms with Gasteiger partial charge in [-0.2, -0.15) is 4.98 Å². The average Bonchev–Trinajstić information content (AvgIpc) is 3.11. The molecule has 31 heavy (non-hydrogen) atoms. The van der Waals surface area contributed by atoms with E-state index >= 15 is 0 Å². The lowest BCUT2D eigenvalue weighted by molar-refractivity contribution is -0.138. The van der Waals surface area contributed by atoms with Gasteiger partial charge in [0, 0.05) is 17.7 Å². The number of nitrogens with zero attached hydrogens (tertiary/aromatic N) is 3. The summed E-state index contributed by atoms with van der Waals surface area (Å²) in [5.74, 6) is 0.699. The largest absolute Gasteiger partial charge is 0.489 e. The Bertz CT molecular complexity index is 1100. The predicted octanol–water partition coefficient (Wildman–Crippen LogP) is 4.68. The van der Waals surface area contributed by atoms with Gasteiger partial charge in [-0.25, -0.2) is 0 Å². The van der Waals surface area contributed by atoms with Crippen molar-refractivity contribution in [1.29, 1.82) is 0 Å². The number of carbonyl (C=O) groups is 1. The second-order valence-corrected chi connectivity index (χ2v) is 8.33. The van der Waals surface area contributed by atoms with Crippen molar-refractivity contribution >= 4 is 17.6 Å². The van der Waals surface area contributed by atoms with Crippen LogP contribution in [0.5, 0.6) is 5.75 Å². The monoisotopic (exact) mass is 441 g/mol. The van der Waals surface area contributed by atoms with E-state index in [1.165, 1.54) is 5.56 Å². The first-order chi connectivity index (χ1) is 14.9. The molecule has 0 fully saturated rings. The van der Waals surface area contributed by atoms with Crippen LogP contribution in [0.4, 0.5) is 0 Å². The molecule has 0 radical (unpaired) electrons. The van der Waals surface area contributed by atoms with Crippen molar-refractivity contribution in [3.8, 4) is 28.6 Å². The summed E-state index contributed by atoms with van der Waals surface area (Å²) in [6.45, 7) is 5.33. The number of aromatic nitrogens is 2. The number of benzene rings is 2. The van der Waals surface area contributed by atoms with Gasteiger partial charge in [0.05, 0.1) is 17.7 Å². The van der Waals surface area contributed by atoms with Crippen molar-refractivity contribution in [3.05, 3.63) is 52.5 Å². The molecule has 0 amide bonds. The predicted molar refractivity (Wildman–Crippen MR) is 117 cm³/mol. The fourth-order valence-electron chi connectivity index (χ4n) is 3.73. The molecule has 0 aliphatic carbocycles. The Labute approximate surface area is 185 Å². The van der Waals surface area contributed by atoms with Crippen molar-refractivity contribution in [2.45, 2.75) is 39.3 Å². The van der Waals surface area contributed by atoms with Gasteiger partial charge in [0.25, 0.3) is 5.89 Å². The van der Waals surface area contributed by atoms with Crippen molar-refractivity contribution in [3.63, 3.8) is 0 Å². The Morgan fingerprint density at radius 3 is 2.77 bits per heavy atom. The van der Waals surface area contributed by atoms with Crippen molar-refractivity contribution in [1.82, 2.24) is 15.0 Å². The lowest BCUT2D eigenvalue weighted by Crippen LogP contribution is -2.29. The summed E-state index contributed by atoms with van der Waals surface area (Å²) in [5, 5.41) is 13.7. The Morgan fingerprint density at radius 2 is 2.03 bits per heavy atom. The second-order valence-electron chi connectivity index (χ2n) is 7.93. The number of aryl methyl sites for hydroxylation is 1. The standard InChI is InChI=1S/C23H24ClN3O4/c1-14(2)30-20-8-7-17(11-19(20)24)23-25-22(26-31-23)16-5-6-18-12-27(13-21(28)29)9-3-4-15(18)10-16/h5-8,10-11,14H,3-4,9,12-13H2,1-2H3,(H,28,29). The summed E-state index contributed by atoms with van der Waals surface area (Å²) in [4.78, 5) is 17.6. The van der Waals surface area contributed by atoms with Crippen LogP contribution in [0.15, 0.2) is 40.9 Å². The lowest BCUT2D eigenvalue weighted by atomic mass is 10.0. The van der Waals surface area contributed by atoms with Gasteiger partial charge in [0.15, 0.2) is 0 Å². The second kappa shape index (κ2) is 9.08. The van der Waals surface area contributed by atoms with Gasteiger partial charge in [0.1, 0.15) is 5.75 Å². The molecule has 0 spiro atoms. The molecular formula is C23H24ClN3O4. The first-order valence-corrected chi connectivity index (χ1v) is 10.6. The number of hydrogen-bond acceptors (Lipinski definition) is 6. The van der Waals surface area contributed by atoms with E-state index in [2.05, 4.69) is 16.2 Å². The van der Waals surface area contributed by atoms with Gasteiger partial charge >= 0.3 is 5.97 Å². The first kappa shape index (κ1) is 21.3. The van der Waals surface area contributed by atoms with E-state index in [9.17, 15) is 4.79 Å². The minimum Gasteiger partial charge on any atom is -0.489 e. The normalized spacial score (nSPS) is 14.3. The molecule has 0 unspecified atom stereocenters. The minimum atomic E-state index is -0.802. The van der Waals surface area contributed by atoms with Crippen LogP contribution in [0, 0.1) is 0 Å². The molecule has 8 heteroatoms. The number of ether oxygens (including phenoxy) is 1. The van der Waals surface area contributed by atoms with Crippen molar-refractivity contribution < 1.29 is 19.2 Å². The third-order valence-corrected chi connectivity index (χ3v) is 5.40. The molecule has 1 aliphatic heterocycles. The number of carboxylic acids is 1. The minimum absolute atomic E-state index is 0.0303. The first-order valence-electron chi connectivity index (χ1n) is 10.3. The summed E-state index contributed by atoms with van der Waals surface area (Å²) in [5.41, 5.74) is 3.92. The van der Waals surface area contributed by atoms with Gasteiger partial charge in [-0.15, -0.1) is 0 Å². The van der Waals surface area contributed by atoms with E-state index in [1.807, 2.05) is 36.9 Å². The van der Waals surface area contributed by atoms with Crippen LogP contribution in [-0.4, -0.2) is 45.3 Å². The van der Waals surface area contributed by atoms with Gasteiger partial charge in [-0.05, 0) is 68.6 Å². The topological polar surface area (TPSA) is 88.7 Å². The highest BCUT2D eigenvalue weighted by Gasteiger charge is 2.19. The molecule has 0 atom stereocenters. The molecule has 1 N–H and O–H groups in total. The summed E-state index contributed by atoms with van der Waals surface area (Å²) in [6.07, 6.45) is 1.82. The fraction of sp³-hybridized carbons (Fsp3) is 0.348. The summed E-state index contributed by atoms with van der Waals surface area (Å²) in [7, 11) is 0. The van der Waals surface area contributed by atoms with Crippen LogP contribution in [0.3, 0.4) is 0 Å². The molecule has 0 saturated carbocycles. The SMILES string of the molecule is CC(C)Oc1ccc(-c2nc(-c3ccc4c(c3)CCCN(CC(=O)O)C4)no2)cc1Cl. The Kier molecular flexibility index (Phi) is 6.25. The number of halogens is 1. The maximum atomic E-state index is 11.1. The average molecular weight is 442 g/mol. The molecule has 1 aliphatic rings. The van der Waals surface area contributed by atoms with Gasteiger partial charge < -0.3 is 14.4 Å². The zero-order valence-electron chi connectivity index (χ0n) is 17.5. The molecule has 0 saturated heterocycles. The third kappa shape index (κ3) is 5.06. The van der Waals surface area contributed by atoms with Gasteiger partial charge in [0.2, 0.25) is 5.82 Å². The number of fused-ring (bicyclic) bond motifs is 1. The lowest BCUT2D eigenvalue weighted by Gasteiger charge is -2.17. The fourth-order valence-corrected chi connectivity index (χ4v) is 3.96. The number of aliphatic carboxylic acids is 1. The van der Waals surface area contributed by atoms with Crippen LogP contribution >= 0.6 is 11.6 Å². The molecule has 2 heterocycles. The smallest absolute Gasteiger partial charge is 0.317 e. The molecular weight excluding hydrogens is 418 g/mol. The highest BCUT2D eigenvalue weighted by atomic mass is 35.5. The van der Waals surface area contributed by atoms with E-state index in [1.54, 1.807) is 12.1 Å². The van der Waals surface area contributed by atoms with E-state index in [-0.39, 0.29) is 12.6 Å². The zero-order valence-corrected chi connectivity index (χ0v) is 18.2. The Balaban J connectivity index is 1.55. The number of rotatable bonds is 6. The van der Waals surface area contributed by atoms with Crippen LogP contribution in [0.25, 0.3) is 22.8 Å². The maximum absolute atomic E-state index is 11.1. The quantitative estimate of drug-likeness (QED) is 0.594. The zero-order chi connectivity index (χ0) is 22.0. The van der Waals surface area contributed by atoms with Crippen LogP contribution in [-0.2, 0) is 17.8 Å². The molecule has 1 aromatic heterocycles. The molecule has 4 rings (SSSR count). The number of carboxylic acid groups (broad SMARTS) is 1. The van der Waals surface area contributed by atoms with E-state index in [0.29, 0.717) is 29.0 Å². The van der Waals surface area contributed by atoms with Crippen LogP contribution in [0.1, 0.15) is 31.4 Å². The Hall–Kier alpha value is -2.90. The summed E-state index contributed by atoms with van der Waals surface area (Å²) >= 11 is 6.33. The van der Waals surface area contributed by atoms with E-state index in [0.717, 1.165) is 36.1 Å². The molecule has 3 aromatic rings. The van der Waals surface area contributed by atoms with E-state index in [4.69, 9.17) is 26.0 Å². The highest BCUT2D eigenvalue weighted by molar-refractivity contribution is 6.32. The highest BCUT2D eigenvalue weighted by Crippen LogP contribution is 2.32. The van der Waals surface area contributed by atoms with Crippen LogP contribution in [0.2, 0.25) is 5.02 Å². The van der Waals surface area contributed by atoms with Gasteiger partial charge in [-0.3, -0.25) is 9.69 Å². The van der Waals surface area contributed by atoms with Crippen molar-refractivity contribution in [2.24, 2.45) is 0 Å². The van der Waals surface area contributed by atoms with Crippen molar-refractivity contribution in [2.75, 3.05) is 13.1 Å².